The molecule has 193 valence electrons. The van der Waals surface area contributed by atoms with Crippen LogP contribution < -0.4 is 0 Å². The molecule has 1 radical (unpaired) electrons. The average molecular weight is 681 g/mol. The van der Waals surface area contributed by atoms with Gasteiger partial charge in [-0.25, -0.2) is 4.98 Å². The van der Waals surface area contributed by atoms with Crippen LogP contribution in [0.2, 0.25) is 0 Å². The smallest absolute Gasteiger partial charge is 0.102 e. The summed E-state index contributed by atoms with van der Waals surface area (Å²) < 4.78 is 47.8. The second-order valence-electron chi connectivity index (χ2n) is 10.4. The third-order valence-corrected chi connectivity index (χ3v) is 7.95. The average Bonchev–Trinajstić information content (AvgIpc) is 3.40. The van der Waals surface area contributed by atoms with Crippen LogP contribution in [0.1, 0.15) is 58.6 Å². The summed E-state index contributed by atoms with van der Waals surface area (Å²) in [4.78, 5) is 13.5. The molecule has 38 heavy (non-hydrogen) atoms. The number of fused-ring (bicyclic) bond motifs is 3. The summed E-state index contributed by atoms with van der Waals surface area (Å²) in [6, 6.07) is 24.8. The molecule has 4 aromatic heterocycles. The van der Waals surface area contributed by atoms with Crippen molar-refractivity contribution in [3.63, 3.8) is 0 Å². The second kappa shape index (κ2) is 9.41. The molecule has 0 amide bonds. The van der Waals surface area contributed by atoms with E-state index in [2.05, 4.69) is 55.9 Å². The zero-order valence-electron chi connectivity index (χ0n) is 27.6. The van der Waals surface area contributed by atoms with Gasteiger partial charge in [-0.05, 0) is 53.0 Å². The van der Waals surface area contributed by atoms with Crippen LogP contribution in [-0.2, 0) is 30.9 Å². The number of hydrogen-bond donors (Lipinski definition) is 0. The molecule has 5 heteroatoms. The van der Waals surface area contributed by atoms with Crippen LogP contribution in [0.15, 0.2) is 73.1 Å². The quantitative estimate of drug-likeness (QED) is 0.133. The molecule has 2 aromatic carbocycles. The van der Waals surface area contributed by atoms with Crippen molar-refractivity contribution in [2.24, 2.45) is 0 Å². The molecule has 1 aliphatic rings. The van der Waals surface area contributed by atoms with Crippen molar-refractivity contribution in [3.8, 4) is 11.3 Å². The Morgan fingerprint density at radius 3 is 2.42 bits per heavy atom. The molecule has 4 heterocycles. The SMILES string of the molecule is [2H]C([2H])([2H])c1ccc(-c2[c-]cccc2)nc1.[2H]C([2H])([2H])c1nc2c3c4c(ccnc4c4[c-]cccc4n13)C(C)(C)C2(C)C.[Ir]. The van der Waals surface area contributed by atoms with E-state index in [0.717, 1.165) is 44.3 Å². The van der Waals surface area contributed by atoms with Gasteiger partial charge in [0.15, 0.2) is 0 Å². The predicted molar refractivity (Wildman–Crippen MR) is 151 cm³/mol. The number of aryl methyl sites for hydroxylation is 2. The summed E-state index contributed by atoms with van der Waals surface area (Å²) in [5.41, 5.74) is 5.79. The van der Waals surface area contributed by atoms with Gasteiger partial charge in [-0.15, -0.1) is 65.5 Å². The summed E-state index contributed by atoms with van der Waals surface area (Å²) in [6.07, 6.45) is 3.24. The number of pyridine rings is 3. The Bertz CT molecular complexity index is 1990. The number of imidazole rings is 1. The standard InChI is InChI=1S/C21H20N3.C12H10N.Ir/c1-12-23-19-18-16-14(20(2,3)21(19,4)5)10-11-22-17(16)13-8-6-7-9-15(13)24(12)18;1-10-7-8-12(13-9-10)11-5-3-2-4-6-11;/h6-7,9-11H,1-5H3;2-5,7-9H,1H3;/q2*-1;/i2*1D3;. The van der Waals surface area contributed by atoms with Gasteiger partial charge in [0.25, 0.3) is 0 Å². The molecule has 6 aromatic rings. The molecule has 0 saturated heterocycles. The Balaban J connectivity index is 0.000000194. The molecular weight excluding hydrogens is 645 g/mol. The molecule has 0 aliphatic heterocycles. The number of rotatable bonds is 1. The van der Waals surface area contributed by atoms with Crippen molar-refractivity contribution >= 4 is 27.3 Å². The number of hydrogen-bond acceptors (Lipinski definition) is 3. The topological polar surface area (TPSA) is 43.1 Å². The molecule has 0 bridgehead atoms. The van der Waals surface area contributed by atoms with E-state index in [4.69, 9.17) is 13.2 Å². The summed E-state index contributed by atoms with van der Waals surface area (Å²) in [7, 11) is 0. The van der Waals surface area contributed by atoms with Crippen molar-refractivity contribution in [1.82, 2.24) is 19.4 Å². The Kier molecular flexibility index (Phi) is 4.86. The van der Waals surface area contributed by atoms with Gasteiger partial charge in [0.1, 0.15) is 5.82 Å². The summed E-state index contributed by atoms with van der Waals surface area (Å²) in [5.74, 6) is 0.111. The van der Waals surface area contributed by atoms with E-state index in [1.165, 1.54) is 11.8 Å². The van der Waals surface area contributed by atoms with Crippen LogP contribution in [0.3, 0.4) is 0 Å². The normalized spacial score (nSPS) is 17.8. The first-order chi connectivity index (χ1) is 20.1. The van der Waals surface area contributed by atoms with Gasteiger partial charge in [0, 0.05) is 51.6 Å². The molecule has 4 nitrogen and oxygen atoms in total. The molecular formula is C33H30IrN4-2. The Hall–Kier alpha value is -3.40. The minimum Gasteiger partial charge on any atom is -0.339 e. The summed E-state index contributed by atoms with van der Waals surface area (Å²) in [6.45, 7) is 4.29. The van der Waals surface area contributed by atoms with Gasteiger partial charge in [0.2, 0.25) is 0 Å². The maximum atomic E-state index is 8.10. The fourth-order valence-electron chi connectivity index (χ4n) is 5.28. The minimum atomic E-state index is -2.31. The molecule has 0 atom stereocenters. The Morgan fingerprint density at radius 1 is 0.868 bits per heavy atom. The van der Waals surface area contributed by atoms with E-state index in [1.807, 2.05) is 47.0 Å². The van der Waals surface area contributed by atoms with Crippen molar-refractivity contribution in [1.29, 1.82) is 0 Å². The largest absolute Gasteiger partial charge is 0.339 e. The van der Waals surface area contributed by atoms with Crippen LogP contribution in [0.25, 0.3) is 38.6 Å². The van der Waals surface area contributed by atoms with Gasteiger partial charge < -0.3 is 14.4 Å². The van der Waals surface area contributed by atoms with Crippen LogP contribution in [0.4, 0.5) is 0 Å². The van der Waals surface area contributed by atoms with Gasteiger partial charge in [-0.2, -0.15) is 0 Å². The molecule has 0 saturated carbocycles. The molecule has 0 fully saturated rings. The van der Waals surface area contributed by atoms with E-state index in [-0.39, 0.29) is 42.3 Å². The summed E-state index contributed by atoms with van der Waals surface area (Å²) in [5, 5.41) is 1.82. The van der Waals surface area contributed by atoms with Gasteiger partial charge in [-0.3, -0.25) is 0 Å². The predicted octanol–water partition coefficient (Wildman–Crippen LogP) is 7.57. The Morgan fingerprint density at radius 2 is 1.71 bits per heavy atom. The minimum absolute atomic E-state index is 0. The number of aromatic nitrogens is 4. The first-order valence-electron chi connectivity index (χ1n) is 15.2. The van der Waals surface area contributed by atoms with Gasteiger partial charge in [-0.1, -0.05) is 39.8 Å². The van der Waals surface area contributed by atoms with E-state index in [0.29, 0.717) is 0 Å². The van der Waals surface area contributed by atoms with E-state index in [1.54, 1.807) is 18.2 Å². The second-order valence-corrected chi connectivity index (χ2v) is 10.4. The Labute approximate surface area is 246 Å². The zero-order chi connectivity index (χ0) is 30.9. The maximum Gasteiger partial charge on any atom is 0.102 e. The molecule has 0 N–H and O–H groups in total. The third kappa shape index (κ3) is 3.80. The maximum absolute atomic E-state index is 8.10. The molecule has 0 spiro atoms. The number of benzene rings is 2. The fourth-order valence-corrected chi connectivity index (χ4v) is 5.28. The monoisotopic (exact) mass is 681 g/mol. The van der Waals surface area contributed by atoms with Crippen LogP contribution >= 0.6 is 0 Å². The van der Waals surface area contributed by atoms with Crippen LogP contribution in [0, 0.1) is 25.8 Å². The van der Waals surface area contributed by atoms with E-state index < -0.39 is 13.7 Å². The molecule has 0 unspecified atom stereocenters. The summed E-state index contributed by atoms with van der Waals surface area (Å²) >= 11 is 0. The first-order valence-corrected chi connectivity index (χ1v) is 12.2. The van der Waals surface area contributed by atoms with Crippen molar-refractivity contribution in [2.45, 2.75) is 52.2 Å². The van der Waals surface area contributed by atoms with Crippen LogP contribution in [-0.4, -0.2) is 19.4 Å². The van der Waals surface area contributed by atoms with Crippen LogP contribution in [0.5, 0.6) is 0 Å². The van der Waals surface area contributed by atoms with Crippen molar-refractivity contribution in [2.75, 3.05) is 0 Å². The van der Waals surface area contributed by atoms with Crippen molar-refractivity contribution in [3.05, 3.63) is 108 Å². The van der Waals surface area contributed by atoms with Gasteiger partial charge in [0.05, 0.1) is 11.2 Å². The molecule has 7 rings (SSSR count). The van der Waals surface area contributed by atoms with Gasteiger partial charge >= 0.3 is 0 Å². The number of nitrogens with zero attached hydrogens (tertiary/aromatic N) is 4. The third-order valence-electron chi connectivity index (χ3n) is 7.95. The van der Waals surface area contributed by atoms with E-state index in [9.17, 15) is 0 Å². The fraction of sp³-hybridized carbons (Fsp3) is 0.242. The molecule has 1 aliphatic carbocycles. The zero-order valence-corrected chi connectivity index (χ0v) is 23.9. The first kappa shape index (κ1) is 19.6. The van der Waals surface area contributed by atoms with E-state index >= 15 is 0 Å². The van der Waals surface area contributed by atoms with Crippen molar-refractivity contribution < 1.29 is 28.3 Å².